The predicted octanol–water partition coefficient (Wildman–Crippen LogP) is 2.78. The molecule has 2 unspecified atom stereocenters. The lowest BCUT2D eigenvalue weighted by atomic mass is 10.1. The molecule has 0 heterocycles. The molecule has 0 radical (unpaired) electrons. The molecule has 0 aliphatic rings. The highest BCUT2D eigenvalue weighted by Gasteiger charge is 2.15. The van der Waals surface area contributed by atoms with Gasteiger partial charge in [0.05, 0.1) is 5.25 Å². The minimum Gasteiger partial charge on any atom is -0.452 e. The highest BCUT2D eigenvalue weighted by Crippen LogP contribution is 2.19. The fourth-order valence-corrected chi connectivity index (χ4v) is 1.18. The summed E-state index contributed by atoms with van der Waals surface area (Å²) in [4.78, 5) is 11.3. The molecule has 0 N–H and O–H groups in total. The number of ether oxygens (including phenoxy) is 1. The maximum atomic E-state index is 11.3. The van der Waals surface area contributed by atoms with Crippen LogP contribution in [0.3, 0.4) is 0 Å². The van der Waals surface area contributed by atoms with Gasteiger partial charge in [-0.25, -0.2) is 0 Å². The summed E-state index contributed by atoms with van der Waals surface area (Å²) >= 11 is 4.01. The van der Waals surface area contributed by atoms with Crippen LogP contribution >= 0.6 is 12.6 Å². The Hall–Kier alpha value is -1.22. The summed E-state index contributed by atoms with van der Waals surface area (Å²) in [6.07, 6.45) is 1.21. The molecule has 0 aromatic heterocycles. The highest BCUT2D eigenvalue weighted by molar-refractivity contribution is 7.81. The second kappa shape index (κ2) is 5.61. The fourth-order valence-electron chi connectivity index (χ4n) is 1.12. The first kappa shape index (κ1) is 11.9. The van der Waals surface area contributed by atoms with E-state index in [0.717, 1.165) is 5.56 Å². The third-order valence-corrected chi connectivity index (χ3v) is 2.14. The number of thiol groups is 1. The van der Waals surface area contributed by atoms with Gasteiger partial charge in [-0.2, -0.15) is 12.6 Å². The minimum absolute atomic E-state index is 0.341. The number of benzene rings is 1. The Balaban J connectivity index is 2.73. The van der Waals surface area contributed by atoms with Crippen LogP contribution in [0, 0.1) is 0 Å². The number of carbonyl (C=O) groups excluding carboxylic acids is 1. The molecule has 2 nitrogen and oxygen atoms in total. The summed E-state index contributed by atoms with van der Waals surface area (Å²) in [5.41, 5.74) is 0.912. The van der Waals surface area contributed by atoms with Gasteiger partial charge in [0.15, 0.2) is 0 Å². The van der Waals surface area contributed by atoms with Crippen molar-refractivity contribution in [2.24, 2.45) is 0 Å². The van der Waals surface area contributed by atoms with Crippen LogP contribution in [0.2, 0.25) is 0 Å². The zero-order valence-corrected chi connectivity index (χ0v) is 9.48. The van der Waals surface area contributed by atoms with Crippen molar-refractivity contribution < 1.29 is 9.53 Å². The van der Waals surface area contributed by atoms with Crippen molar-refractivity contribution in [1.29, 1.82) is 0 Å². The summed E-state index contributed by atoms with van der Waals surface area (Å²) in [7, 11) is 0. The summed E-state index contributed by atoms with van der Waals surface area (Å²) in [5, 5.41) is -0.420. The quantitative estimate of drug-likeness (QED) is 0.481. The molecule has 1 rings (SSSR count). The molecule has 0 saturated heterocycles. The van der Waals surface area contributed by atoms with Gasteiger partial charge in [0, 0.05) is 0 Å². The molecule has 3 heteroatoms. The molecule has 0 spiro atoms. The Bertz CT molecular complexity index is 333. The molecule has 0 bridgehead atoms. The Labute approximate surface area is 95.4 Å². The largest absolute Gasteiger partial charge is 0.452 e. The molecule has 1 aromatic carbocycles. The van der Waals surface area contributed by atoms with Crippen LogP contribution in [0.25, 0.3) is 0 Å². The Morgan fingerprint density at radius 1 is 1.47 bits per heavy atom. The van der Waals surface area contributed by atoms with Gasteiger partial charge in [-0.1, -0.05) is 36.9 Å². The van der Waals surface area contributed by atoms with Crippen LogP contribution in [-0.2, 0) is 9.53 Å². The van der Waals surface area contributed by atoms with Gasteiger partial charge in [-0.3, -0.25) is 4.79 Å². The molecule has 2 atom stereocenters. The van der Waals surface area contributed by atoms with Gasteiger partial charge in [0.25, 0.3) is 0 Å². The lowest BCUT2D eigenvalue weighted by Crippen LogP contribution is -2.17. The van der Waals surface area contributed by atoms with Crippen LogP contribution in [0.15, 0.2) is 43.0 Å². The van der Waals surface area contributed by atoms with Crippen molar-refractivity contribution in [2.45, 2.75) is 18.3 Å². The molecule has 0 aliphatic carbocycles. The number of hydrogen-bond acceptors (Lipinski definition) is 3. The van der Waals surface area contributed by atoms with Gasteiger partial charge in [-0.15, -0.1) is 0 Å². The first-order valence-corrected chi connectivity index (χ1v) is 5.23. The van der Waals surface area contributed by atoms with E-state index in [-0.39, 0.29) is 5.97 Å². The maximum absolute atomic E-state index is 11.3. The Morgan fingerprint density at radius 2 is 2.07 bits per heavy atom. The standard InChI is InChI=1S/C12H14O2S/c1-3-11(14-12(13)9(2)15)10-7-5-4-6-8-10/h3-9,11,15H,1H2,2H3. The zero-order valence-electron chi connectivity index (χ0n) is 8.59. The van der Waals surface area contributed by atoms with E-state index in [1.165, 1.54) is 0 Å². The maximum Gasteiger partial charge on any atom is 0.319 e. The van der Waals surface area contributed by atoms with Crippen molar-refractivity contribution >= 4 is 18.6 Å². The minimum atomic E-state index is -0.420. The molecule has 0 aliphatic heterocycles. The van der Waals surface area contributed by atoms with Crippen LogP contribution in [-0.4, -0.2) is 11.2 Å². The second-order valence-electron chi connectivity index (χ2n) is 3.18. The molecule has 0 fully saturated rings. The van der Waals surface area contributed by atoms with Crippen LogP contribution in [0.4, 0.5) is 0 Å². The van der Waals surface area contributed by atoms with E-state index in [0.29, 0.717) is 0 Å². The topological polar surface area (TPSA) is 26.3 Å². The van der Waals surface area contributed by atoms with Crippen molar-refractivity contribution in [3.63, 3.8) is 0 Å². The van der Waals surface area contributed by atoms with Crippen LogP contribution in [0.5, 0.6) is 0 Å². The van der Waals surface area contributed by atoms with E-state index >= 15 is 0 Å². The lowest BCUT2D eigenvalue weighted by molar-refractivity contribution is -0.146. The SMILES string of the molecule is C=CC(OC(=O)C(C)S)c1ccccc1. The van der Waals surface area contributed by atoms with Crippen molar-refractivity contribution in [2.75, 3.05) is 0 Å². The van der Waals surface area contributed by atoms with Crippen LogP contribution < -0.4 is 0 Å². The number of rotatable bonds is 4. The van der Waals surface area contributed by atoms with Crippen molar-refractivity contribution in [3.8, 4) is 0 Å². The fraction of sp³-hybridized carbons (Fsp3) is 0.250. The third-order valence-electron chi connectivity index (χ3n) is 1.93. The first-order valence-electron chi connectivity index (χ1n) is 4.71. The van der Waals surface area contributed by atoms with E-state index in [9.17, 15) is 4.79 Å². The average molecular weight is 222 g/mol. The molecular formula is C12H14O2S. The third kappa shape index (κ3) is 3.44. The predicted molar refractivity (Wildman–Crippen MR) is 63.9 cm³/mol. The van der Waals surface area contributed by atoms with E-state index in [1.807, 2.05) is 30.3 Å². The molecule has 1 aromatic rings. The average Bonchev–Trinajstić information content (AvgIpc) is 2.26. The van der Waals surface area contributed by atoms with E-state index in [1.54, 1.807) is 13.0 Å². The van der Waals surface area contributed by atoms with E-state index in [4.69, 9.17) is 4.74 Å². The van der Waals surface area contributed by atoms with E-state index < -0.39 is 11.4 Å². The number of carbonyl (C=O) groups is 1. The molecule has 15 heavy (non-hydrogen) atoms. The van der Waals surface area contributed by atoms with Crippen molar-refractivity contribution in [3.05, 3.63) is 48.6 Å². The Kier molecular flexibility index (Phi) is 4.43. The zero-order chi connectivity index (χ0) is 11.3. The van der Waals surface area contributed by atoms with Gasteiger partial charge in [-0.05, 0) is 18.6 Å². The molecule has 0 amide bonds. The van der Waals surface area contributed by atoms with Crippen LogP contribution in [0.1, 0.15) is 18.6 Å². The molecule has 0 saturated carbocycles. The van der Waals surface area contributed by atoms with Gasteiger partial charge in [0.2, 0.25) is 0 Å². The Morgan fingerprint density at radius 3 is 2.53 bits per heavy atom. The summed E-state index contributed by atoms with van der Waals surface area (Å²) < 4.78 is 5.21. The summed E-state index contributed by atoms with van der Waals surface area (Å²) in [5.74, 6) is -0.341. The normalized spacial score (nSPS) is 14.0. The second-order valence-corrected chi connectivity index (χ2v) is 3.95. The summed E-state index contributed by atoms with van der Waals surface area (Å²) in [6, 6.07) is 9.48. The number of esters is 1. The smallest absolute Gasteiger partial charge is 0.319 e. The van der Waals surface area contributed by atoms with Gasteiger partial charge < -0.3 is 4.74 Å². The number of hydrogen-bond donors (Lipinski definition) is 1. The van der Waals surface area contributed by atoms with E-state index in [2.05, 4.69) is 19.2 Å². The molecule has 80 valence electrons. The first-order chi connectivity index (χ1) is 7.15. The summed E-state index contributed by atoms with van der Waals surface area (Å²) in [6.45, 7) is 5.32. The lowest BCUT2D eigenvalue weighted by Gasteiger charge is -2.15. The monoisotopic (exact) mass is 222 g/mol. The molecular weight excluding hydrogens is 208 g/mol. The van der Waals surface area contributed by atoms with Gasteiger partial charge in [0.1, 0.15) is 6.10 Å². The van der Waals surface area contributed by atoms with Gasteiger partial charge >= 0.3 is 5.97 Å². The van der Waals surface area contributed by atoms with Crippen molar-refractivity contribution in [1.82, 2.24) is 0 Å². The highest BCUT2D eigenvalue weighted by atomic mass is 32.1.